The number of amides is 1. The number of anilines is 1. The van der Waals surface area contributed by atoms with E-state index in [1.54, 1.807) is 61.1 Å². The molecule has 0 bridgehead atoms. The number of pyridine rings is 2. The SMILES string of the molecule is O=C(Nc1ccc2oc(-c3cccnc3)nc2c1)c1cccnc1Oc1ccccc1. The van der Waals surface area contributed by atoms with Gasteiger partial charge in [-0.15, -0.1) is 0 Å². The van der Waals surface area contributed by atoms with Gasteiger partial charge in [-0.25, -0.2) is 9.97 Å². The summed E-state index contributed by atoms with van der Waals surface area (Å²) in [7, 11) is 0. The van der Waals surface area contributed by atoms with Gasteiger partial charge in [0.25, 0.3) is 5.91 Å². The van der Waals surface area contributed by atoms with Gasteiger partial charge in [-0.3, -0.25) is 9.78 Å². The molecular formula is C24H16N4O3. The topological polar surface area (TPSA) is 90.1 Å². The minimum atomic E-state index is -0.339. The van der Waals surface area contributed by atoms with Crippen molar-refractivity contribution in [2.75, 3.05) is 5.32 Å². The lowest BCUT2D eigenvalue weighted by atomic mass is 10.2. The van der Waals surface area contributed by atoms with Crippen LogP contribution < -0.4 is 10.1 Å². The number of rotatable bonds is 5. The third-order valence-electron chi connectivity index (χ3n) is 4.53. The molecule has 0 aliphatic heterocycles. The Bertz CT molecular complexity index is 1350. The highest BCUT2D eigenvalue weighted by atomic mass is 16.5. The molecule has 1 amide bonds. The maximum atomic E-state index is 12.9. The Morgan fingerprint density at radius 1 is 0.935 bits per heavy atom. The van der Waals surface area contributed by atoms with Gasteiger partial charge in [-0.05, 0) is 54.6 Å². The molecule has 0 radical (unpaired) electrons. The molecule has 150 valence electrons. The van der Waals surface area contributed by atoms with Crippen molar-refractivity contribution in [2.45, 2.75) is 0 Å². The van der Waals surface area contributed by atoms with Crippen LogP contribution in [-0.2, 0) is 0 Å². The first-order valence-electron chi connectivity index (χ1n) is 9.56. The van der Waals surface area contributed by atoms with E-state index in [1.807, 2.05) is 30.3 Å². The van der Waals surface area contributed by atoms with Gasteiger partial charge in [0.2, 0.25) is 11.8 Å². The zero-order valence-electron chi connectivity index (χ0n) is 16.2. The summed E-state index contributed by atoms with van der Waals surface area (Å²) in [5.41, 5.74) is 2.93. The molecule has 0 aliphatic rings. The quantitative estimate of drug-likeness (QED) is 0.423. The molecular weight excluding hydrogens is 392 g/mol. The molecule has 31 heavy (non-hydrogen) atoms. The van der Waals surface area contributed by atoms with Crippen LogP contribution in [-0.4, -0.2) is 20.9 Å². The minimum Gasteiger partial charge on any atom is -0.438 e. The fraction of sp³-hybridized carbons (Fsp3) is 0. The van der Waals surface area contributed by atoms with Crippen LogP contribution in [0.15, 0.2) is 95.8 Å². The Morgan fingerprint density at radius 2 is 1.81 bits per heavy atom. The van der Waals surface area contributed by atoms with Crippen molar-refractivity contribution in [1.29, 1.82) is 0 Å². The van der Waals surface area contributed by atoms with E-state index < -0.39 is 0 Å². The molecule has 0 atom stereocenters. The number of hydrogen-bond donors (Lipinski definition) is 1. The fourth-order valence-corrected chi connectivity index (χ4v) is 3.06. The number of hydrogen-bond acceptors (Lipinski definition) is 6. The number of benzene rings is 2. The third kappa shape index (κ3) is 3.97. The van der Waals surface area contributed by atoms with Crippen molar-refractivity contribution >= 4 is 22.7 Å². The second-order valence-corrected chi connectivity index (χ2v) is 6.67. The summed E-state index contributed by atoms with van der Waals surface area (Å²) >= 11 is 0. The Labute approximate surface area is 177 Å². The van der Waals surface area contributed by atoms with Gasteiger partial charge in [0.05, 0.1) is 5.56 Å². The van der Waals surface area contributed by atoms with Crippen molar-refractivity contribution in [2.24, 2.45) is 0 Å². The smallest absolute Gasteiger partial charge is 0.261 e. The number of ether oxygens (including phenoxy) is 1. The minimum absolute atomic E-state index is 0.229. The molecule has 7 heteroatoms. The third-order valence-corrected chi connectivity index (χ3v) is 4.53. The summed E-state index contributed by atoms with van der Waals surface area (Å²) in [5, 5.41) is 2.87. The summed E-state index contributed by atoms with van der Waals surface area (Å²) in [4.78, 5) is 25.7. The van der Waals surface area contributed by atoms with Crippen molar-refractivity contribution < 1.29 is 13.9 Å². The largest absolute Gasteiger partial charge is 0.438 e. The highest BCUT2D eigenvalue weighted by molar-refractivity contribution is 6.06. The predicted octanol–water partition coefficient (Wildman–Crippen LogP) is 5.33. The molecule has 5 rings (SSSR count). The first-order valence-corrected chi connectivity index (χ1v) is 9.56. The number of nitrogens with zero attached hydrogens (tertiary/aromatic N) is 3. The summed E-state index contributed by atoms with van der Waals surface area (Å²) < 4.78 is 11.6. The molecule has 0 saturated heterocycles. The van der Waals surface area contributed by atoms with E-state index in [0.717, 1.165) is 5.56 Å². The molecule has 0 unspecified atom stereocenters. The van der Waals surface area contributed by atoms with Gasteiger partial charge < -0.3 is 14.5 Å². The number of oxazole rings is 1. The lowest BCUT2D eigenvalue weighted by Gasteiger charge is -2.10. The lowest BCUT2D eigenvalue weighted by Crippen LogP contribution is -2.13. The van der Waals surface area contributed by atoms with Gasteiger partial charge in [0.15, 0.2) is 5.58 Å². The number of carbonyl (C=O) groups is 1. The molecule has 3 heterocycles. The van der Waals surface area contributed by atoms with Crippen molar-refractivity contribution in [3.63, 3.8) is 0 Å². The molecule has 2 aromatic carbocycles. The van der Waals surface area contributed by atoms with Gasteiger partial charge >= 0.3 is 0 Å². The van der Waals surface area contributed by atoms with E-state index in [9.17, 15) is 4.79 Å². The number of para-hydroxylation sites is 1. The first-order chi connectivity index (χ1) is 15.3. The Hall–Kier alpha value is -4.52. The standard InChI is InChI=1S/C24H16N4O3/c29-22(19-9-5-13-26-24(19)30-18-7-2-1-3-8-18)27-17-10-11-21-20(14-17)28-23(31-21)16-6-4-12-25-15-16/h1-15H,(H,27,29). The fourth-order valence-electron chi connectivity index (χ4n) is 3.06. The van der Waals surface area contributed by atoms with Crippen molar-refractivity contribution in [3.05, 3.63) is 97.0 Å². The number of aromatic nitrogens is 3. The van der Waals surface area contributed by atoms with E-state index >= 15 is 0 Å². The van der Waals surface area contributed by atoms with Gasteiger partial charge in [0.1, 0.15) is 16.8 Å². The summed E-state index contributed by atoms with van der Waals surface area (Å²) in [6, 6.07) is 21.5. The number of nitrogens with one attached hydrogen (secondary N) is 1. The Balaban J connectivity index is 1.39. The Kier molecular flexibility index (Phi) is 4.82. The molecule has 0 saturated carbocycles. The lowest BCUT2D eigenvalue weighted by molar-refractivity contribution is 0.102. The van der Waals surface area contributed by atoms with Crippen LogP contribution in [0.5, 0.6) is 11.6 Å². The van der Waals surface area contributed by atoms with Gasteiger partial charge in [0, 0.05) is 24.3 Å². The van der Waals surface area contributed by atoms with Crippen LogP contribution in [0.25, 0.3) is 22.6 Å². The first kappa shape index (κ1) is 18.5. The zero-order chi connectivity index (χ0) is 21.0. The van der Waals surface area contributed by atoms with E-state index in [-0.39, 0.29) is 11.8 Å². The van der Waals surface area contributed by atoms with Crippen LogP contribution in [0.4, 0.5) is 5.69 Å². The molecule has 0 spiro atoms. The molecule has 5 aromatic rings. The van der Waals surface area contributed by atoms with Crippen molar-refractivity contribution in [1.82, 2.24) is 15.0 Å². The average Bonchev–Trinajstić information content (AvgIpc) is 3.24. The monoisotopic (exact) mass is 408 g/mol. The van der Waals surface area contributed by atoms with Gasteiger partial charge in [-0.1, -0.05) is 18.2 Å². The molecule has 0 fully saturated rings. The van der Waals surface area contributed by atoms with Crippen LogP contribution >= 0.6 is 0 Å². The second-order valence-electron chi connectivity index (χ2n) is 6.67. The van der Waals surface area contributed by atoms with Crippen LogP contribution in [0.1, 0.15) is 10.4 Å². The molecule has 7 nitrogen and oxygen atoms in total. The highest BCUT2D eigenvalue weighted by Gasteiger charge is 2.16. The summed E-state index contributed by atoms with van der Waals surface area (Å²) in [5.74, 6) is 0.960. The summed E-state index contributed by atoms with van der Waals surface area (Å²) in [6.45, 7) is 0. The maximum absolute atomic E-state index is 12.9. The van der Waals surface area contributed by atoms with Crippen molar-refractivity contribution in [3.8, 4) is 23.1 Å². The zero-order valence-corrected chi connectivity index (χ0v) is 16.2. The van der Waals surface area contributed by atoms with E-state index in [0.29, 0.717) is 34.0 Å². The van der Waals surface area contributed by atoms with Crippen LogP contribution in [0, 0.1) is 0 Å². The average molecular weight is 408 g/mol. The van der Waals surface area contributed by atoms with E-state index in [2.05, 4.69) is 20.3 Å². The Morgan fingerprint density at radius 3 is 2.65 bits per heavy atom. The summed E-state index contributed by atoms with van der Waals surface area (Å²) in [6.07, 6.45) is 4.95. The second kappa shape index (κ2) is 8.08. The van der Waals surface area contributed by atoms with Gasteiger partial charge in [-0.2, -0.15) is 0 Å². The predicted molar refractivity (Wildman–Crippen MR) is 116 cm³/mol. The van der Waals surface area contributed by atoms with E-state index in [4.69, 9.17) is 9.15 Å². The molecule has 0 aliphatic carbocycles. The maximum Gasteiger partial charge on any atom is 0.261 e. The van der Waals surface area contributed by atoms with Crippen LogP contribution in [0.2, 0.25) is 0 Å². The number of carbonyl (C=O) groups excluding carboxylic acids is 1. The van der Waals surface area contributed by atoms with Crippen LogP contribution in [0.3, 0.4) is 0 Å². The number of fused-ring (bicyclic) bond motifs is 1. The normalized spacial score (nSPS) is 10.7. The van der Waals surface area contributed by atoms with E-state index in [1.165, 1.54) is 0 Å². The molecule has 1 N–H and O–H groups in total. The highest BCUT2D eigenvalue weighted by Crippen LogP contribution is 2.27. The molecule has 3 aromatic heterocycles.